The van der Waals surface area contributed by atoms with Crippen molar-refractivity contribution in [2.24, 2.45) is 29.6 Å². The van der Waals surface area contributed by atoms with Crippen LogP contribution in [0.25, 0.3) is 0 Å². The van der Waals surface area contributed by atoms with Crippen LogP contribution in [-0.2, 0) is 19.1 Å². The summed E-state index contributed by atoms with van der Waals surface area (Å²) in [4.78, 5) is 60.2. The smallest absolute Gasteiger partial charge is 0.305 e. The highest BCUT2D eigenvalue weighted by Gasteiger charge is 2.69. The normalized spacial score (nSPS) is 30.2. The van der Waals surface area contributed by atoms with Gasteiger partial charge in [-0.1, -0.05) is 23.5 Å². The maximum Gasteiger partial charge on any atom is 0.305 e. The largest absolute Gasteiger partial charge is 0.497 e. The Morgan fingerprint density at radius 2 is 1.75 bits per heavy atom. The second kappa shape index (κ2) is 10.8. The molecule has 7 atom stereocenters. The van der Waals surface area contributed by atoms with Gasteiger partial charge in [0.15, 0.2) is 6.61 Å². The molecule has 0 radical (unpaired) electrons. The van der Waals surface area contributed by atoms with Gasteiger partial charge in [-0.15, -0.1) is 11.8 Å². The van der Waals surface area contributed by atoms with E-state index in [1.165, 1.54) is 16.2 Å². The summed E-state index contributed by atoms with van der Waals surface area (Å²) in [5.41, 5.74) is 1.56. The molecule has 44 heavy (non-hydrogen) atoms. The molecule has 3 aliphatic heterocycles. The molecule has 3 aromatic rings. The number of aromatic nitrogens is 1. The van der Waals surface area contributed by atoms with Crippen molar-refractivity contribution in [1.82, 2.24) is 9.88 Å². The lowest BCUT2D eigenvalue weighted by atomic mass is 9.68. The molecule has 2 bridgehead atoms. The van der Waals surface area contributed by atoms with Crippen LogP contribution in [-0.4, -0.2) is 72.9 Å². The van der Waals surface area contributed by atoms with Crippen molar-refractivity contribution in [3.05, 3.63) is 68.6 Å². The van der Waals surface area contributed by atoms with E-state index in [4.69, 9.17) is 14.2 Å². The molecule has 4 fully saturated rings. The summed E-state index contributed by atoms with van der Waals surface area (Å²) < 4.78 is 16.6. The number of rotatable bonds is 6. The number of aromatic amines is 1. The van der Waals surface area contributed by atoms with Gasteiger partial charge >= 0.3 is 4.87 Å². The number of nitrogens with zero attached hydrogens (tertiary/aromatic N) is 2. The first-order chi connectivity index (χ1) is 21.4. The Morgan fingerprint density at radius 3 is 2.50 bits per heavy atom. The van der Waals surface area contributed by atoms with Gasteiger partial charge in [0.2, 0.25) is 11.8 Å². The zero-order chi connectivity index (χ0) is 30.1. The average molecular weight is 634 g/mol. The Labute approximate surface area is 261 Å². The SMILES string of the molecule is COc1ccc(N2C(=O)C3C4CC(C3C2=O)C2C4Sc3[nH]c(=O)sc3[C@@H]2c2cccc(OCC(=O)N3CCOCC3)c2)cc1. The lowest BCUT2D eigenvalue weighted by Gasteiger charge is -2.43. The standard InChI is InChI=1S/C32H31N3O7S2/c1-40-18-7-5-17(6-8-18)35-30(37)25-20-14-21(26(25)31(35)38)27-24(20)23(28-29(43-27)33-32(39)44-28)16-3-2-4-19(13-16)42-15-22(36)34-9-11-41-12-10-34/h2-8,13,20-21,23-27H,9-12,14-15H2,1H3,(H,33,39)/t20?,21?,23-,24?,25?,26?,27?/m1/s1. The lowest BCUT2D eigenvalue weighted by molar-refractivity contribution is -0.137. The second-order valence-corrected chi connectivity index (χ2v) is 14.2. The summed E-state index contributed by atoms with van der Waals surface area (Å²) in [7, 11) is 1.58. The van der Waals surface area contributed by atoms with Crippen molar-refractivity contribution >= 4 is 46.5 Å². The van der Waals surface area contributed by atoms with Gasteiger partial charge < -0.3 is 24.1 Å². The molecule has 6 unspecified atom stereocenters. The summed E-state index contributed by atoms with van der Waals surface area (Å²) in [5, 5.41) is 0.942. The van der Waals surface area contributed by atoms with Crippen LogP contribution in [0.2, 0.25) is 0 Å². The van der Waals surface area contributed by atoms with E-state index in [-0.39, 0.29) is 70.0 Å². The molecule has 2 aromatic carbocycles. The van der Waals surface area contributed by atoms with Crippen molar-refractivity contribution in [1.29, 1.82) is 0 Å². The number of H-pyrrole nitrogens is 1. The maximum atomic E-state index is 14.0. The third-order valence-corrected chi connectivity index (χ3v) is 12.6. The molecule has 2 saturated heterocycles. The zero-order valence-electron chi connectivity index (χ0n) is 24.0. The molecule has 1 aromatic heterocycles. The van der Waals surface area contributed by atoms with E-state index in [2.05, 4.69) is 4.98 Å². The number of fused-ring (bicyclic) bond motifs is 9. The van der Waals surface area contributed by atoms with Crippen LogP contribution >= 0.6 is 23.1 Å². The van der Waals surface area contributed by atoms with Crippen molar-refractivity contribution in [3.8, 4) is 11.5 Å². The Bertz CT molecular complexity index is 1700. The number of imide groups is 1. The highest BCUT2D eigenvalue weighted by Crippen LogP contribution is 2.68. The van der Waals surface area contributed by atoms with E-state index in [1.54, 1.807) is 48.0 Å². The molecule has 8 rings (SSSR count). The molecule has 5 aliphatic rings. The van der Waals surface area contributed by atoms with Gasteiger partial charge in [-0.25, -0.2) is 0 Å². The number of nitrogens with one attached hydrogen (secondary N) is 1. The predicted molar refractivity (Wildman–Crippen MR) is 163 cm³/mol. The third kappa shape index (κ3) is 4.33. The lowest BCUT2D eigenvalue weighted by Crippen LogP contribution is -2.43. The summed E-state index contributed by atoms with van der Waals surface area (Å²) >= 11 is 2.88. The molecular weight excluding hydrogens is 603 g/mol. The van der Waals surface area contributed by atoms with Crippen LogP contribution < -0.4 is 19.2 Å². The average Bonchev–Trinajstić information content (AvgIpc) is 3.79. The van der Waals surface area contributed by atoms with E-state index in [0.29, 0.717) is 43.5 Å². The number of hydrogen-bond acceptors (Lipinski definition) is 9. The number of ether oxygens (including phenoxy) is 3. The first-order valence-corrected chi connectivity index (χ1v) is 16.6. The Balaban J connectivity index is 1.10. The molecule has 2 saturated carbocycles. The van der Waals surface area contributed by atoms with Crippen molar-refractivity contribution in [2.45, 2.75) is 22.6 Å². The minimum absolute atomic E-state index is 0.00465. The van der Waals surface area contributed by atoms with Gasteiger partial charge in [-0.3, -0.25) is 24.1 Å². The summed E-state index contributed by atoms with van der Waals surface area (Å²) in [6, 6.07) is 14.8. The van der Waals surface area contributed by atoms with Gasteiger partial charge in [0.25, 0.3) is 5.91 Å². The topological polar surface area (TPSA) is 118 Å². The fourth-order valence-corrected chi connectivity index (χ4v) is 11.1. The van der Waals surface area contributed by atoms with Crippen LogP contribution in [0.3, 0.4) is 0 Å². The number of benzene rings is 2. The van der Waals surface area contributed by atoms with Crippen LogP contribution in [0.1, 0.15) is 22.8 Å². The van der Waals surface area contributed by atoms with E-state index < -0.39 is 0 Å². The summed E-state index contributed by atoms with van der Waals surface area (Å²) in [6.07, 6.45) is 0.811. The van der Waals surface area contributed by atoms with Gasteiger partial charge in [0.05, 0.1) is 42.9 Å². The molecule has 2 aliphatic carbocycles. The van der Waals surface area contributed by atoms with Crippen molar-refractivity contribution in [3.63, 3.8) is 0 Å². The fourth-order valence-electron chi connectivity index (χ4n) is 8.22. The van der Waals surface area contributed by atoms with Crippen LogP contribution in [0, 0.1) is 29.6 Å². The fraction of sp³-hybridized carbons (Fsp3) is 0.438. The second-order valence-electron chi connectivity index (χ2n) is 12.0. The number of morpholine rings is 1. The first kappa shape index (κ1) is 27.9. The van der Waals surface area contributed by atoms with E-state index in [0.717, 1.165) is 21.9 Å². The number of carbonyl (C=O) groups excluding carboxylic acids is 3. The molecule has 12 heteroatoms. The number of carbonyl (C=O) groups is 3. The monoisotopic (exact) mass is 633 g/mol. The highest BCUT2D eigenvalue weighted by atomic mass is 32.2. The van der Waals surface area contributed by atoms with Crippen LogP contribution in [0.15, 0.2) is 58.4 Å². The van der Waals surface area contributed by atoms with E-state index in [1.807, 2.05) is 24.3 Å². The molecule has 3 amide bonds. The van der Waals surface area contributed by atoms with E-state index in [9.17, 15) is 19.2 Å². The third-order valence-electron chi connectivity index (χ3n) is 10.00. The molecule has 10 nitrogen and oxygen atoms in total. The minimum atomic E-state index is -0.387. The van der Waals surface area contributed by atoms with Gasteiger partial charge in [-0.05, 0) is 66.1 Å². The molecule has 4 heterocycles. The number of amides is 3. The Morgan fingerprint density at radius 1 is 1.00 bits per heavy atom. The van der Waals surface area contributed by atoms with E-state index >= 15 is 0 Å². The molecule has 0 spiro atoms. The quantitative estimate of drug-likeness (QED) is 0.411. The van der Waals surface area contributed by atoms with Gasteiger partial charge in [0.1, 0.15) is 11.5 Å². The zero-order valence-corrected chi connectivity index (χ0v) is 25.6. The van der Waals surface area contributed by atoms with Gasteiger partial charge in [-0.2, -0.15) is 0 Å². The summed E-state index contributed by atoms with van der Waals surface area (Å²) in [5.74, 6) is 0.134. The number of anilines is 1. The predicted octanol–water partition coefficient (Wildman–Crippen LogP) is 3.36. The molecule has 228 valence electrons. The van der Waals surface area contributed by atoms with Crippen molar-refractivity contribution < 1.29 is 28.6 Å². The molecule has 1 N–H and O–H groups in total. The number of thiazole rings is 1. The summed E-state index contributed by atoms with van der Waals surface area (Å²) in [6.45, 7) is 2.11. The van der Waals surface area contributed by atoms with Crippen molar-refractivity contribution in [2.75, 3.05) is 44.9 Å². The van der Waals surface area contributed by atoms with Crippen LogP contribution in [0.5, 0.6) is 11.5 Å². The Kier molecular flexibility index (Phi) is 6.84. The number of hydrogen-bond donors (Lipinski definition) is 1. The Hall–Kier alpha value is -3.61. The number of methoxy groups -OCH3 is 1. The van der Waals surface area contributed by atoms with Gasteiger partial charge in [0, 0.05) is 29.1 Å². The number of thioether (sulfide) groups is 1. The first-order valence-electron chi connectivity index (χ1n) is 14.9. The maximum absolute atomic E-state index is 14.0. The molecular formula is C32H31N3O7S2. The highest BCUT2D eigenvalue weighted by molar-refractivity contribution is 8.00. The minimum Gasteiger partial charge on any atom is -0.497 e. The van der Waals surface area contributed by atoms with Crippen LogP contribution in [0.4, 0.5) is 5.69 Å².